The van der Waals surface area contributed by atoms with E-state index in [0.29, 0.717) is 18.5 Å². The van der Waals surface area contributed by atoms with Crippen molar-refractivity contribution in [2.24, 2.45) is 0 Å². The molecule has 21 heavy (non-hydrogen) atoms. The number of nitrogen functional groups attached to an aromatic ring is 1. The minimum absolute atomic E-state index is 0.0771. The number of hydrogen-bond acceptors (Lipinski definition) is 3. The molecule has 0 aliphatic heterocycles. The van der Waals surface area contributed by atoms with Crippen LogP contribution in [0.25, 0.3) is 0 Å². The van der Waals surface area contributed by atoms with Gasteiger partial charge >= 0.3 is 5.97 Å². The zero-order chi connectivity index (χ0) is 15.2. The van der Waals surface area contributed by atoms with Gasteiger partial charge in [-0.05, 0) is 37.0 Å². The van der Waals surface area contributed by atoms with Gasteiger partial charge in [0.15, 0.2) is 0 Å². The lowest BCUT2D eigenvalue weighted by atomic mass is 10.1. The second-order valence-corrected chi connectivity index (χ2v) is 5.60. The first-order valence-corrected chi connectivity index (χ1v) is 7.42. The molecule has 0 spiro atoms. The zero-order valence-corrected chi connectivity index (χ0v) is 12.1. The first kappa shape index (κ1) is 15.4. The number of carbonyl (C=O) groups is 2. The van der Waals surface area contributed by atoms with E-state index in [2.05, 4.69) is 0 Å². The van der Waals surface area contributed by atoms with E-state index < -0.39 is 5.97 Å². The fraction of sp³-hybridized carbons (Fsp3) is 0.500. The van der Waals surface area contributed by atoms with Crippen LogP contribution < -0.4 is 5.73 Å². The summed E-state index contributed by atoms with van der Waals surface area (Å²) in [5, 5.41) is 9.00. The maximum atomic E-state index is 12.4. The normalized spacial score (nSPS) is 15.0. The van der Waals surface area contributed by atoms with Crippen LogP contribution in [0.2, 0.25) is 0 Å². The molecular weight excluding hydrogens is 268 g/mol. The molecule has 0 bridgehead atoms. The minimum atomic E-state index is -0.945. The van der Waals surface area contributed by atoms with Crippen molar-refractivity contribution in [3.8, 4) is 0 Å². The van der Waals surface area contributed by atoms with Crippen LogP contribution in [0.5, 0.6) is 0 Å². The van der Waals surface area contributed by atoms with Crippen molar-refractivity contribution in [2.45, 2.75) is 44.6 Å². The van der Waals surface area contributed by atoms with Crippen LogP contribution in [-0.4, -0.2) is 34.5 Å². The Bertz CT molecular complexity index is 510. The number of nitrogens with two attached hydrogens (primary N) is 1. The zero-order valence-electron chi connectivity index (χ0n) is 12.1. The lowest BCUT2D eigenvalue weighted by Gasteiger charge is -2.27. The van der Waals surface area contributed by atoms with Gasteiger partial charge in [0.1, 0.15) is 6.54 Å². The number of hydrogen-bond donors (Lipinski definition) is 2. The number of carboxylic acid groups (broad SMARTS) is 1. The number of benzene rings is 1. The van der Waals surface area contributed by atoms with Crippen molar-refractivity contribution in [2.75, 3.05) is 12.3 Å². The second kappa shape index (κ2) is 7.11. The van der Waals surface area contributed by atoms with Gasteiger partial charge in [-0.3, -0.25) is 9.59 Å². The van der Waals surface area contributed by atoms with Gasteiger partial charge in [0.05, 0.1) is 0 Å². The van der Waals surface area contributed by atoms with Gasteiger partial charge in [-0.1, -0.05) is 25.0 Å². The molecule has 2 rings (SSSR count). The van der Waals surface area contributed by atoms with Crippen molar-refractivity contribution in [3.63, 3.8) is 0 Å². The predicted molar refractivity (Wildman–Crippen MR) is 80.8 cm³/mol. The number of carboxylic acids is 1. The summed E-state index contributed by atoms with van der Waals surface area (Å²) in [6.45, 7) is -0.194. The van der Waals surface area contributed by atoms with Crippen molar-refractivity contribution in [1.82, 2.24) is 4.90 Å². The van der Waals surface area contributed by atoms with E-state index >= 15 is 0 Å². The molecule has 0 atom stereocenters. The molecule has 5 heteroatoms. The Morgan fingerprint density at radius 3 is 2.62 bits per heavy atom. The quantitative estimate of drug-likeness (QED) is 0.785. The molecular formula is C16H22N2O3. The summed E-state index contributed by atoms with van der Waals surface area (Å²) in [6.07, 6.45) is 4.89. The number of amides is 1. The smallest absolute Gasteiger partial charge is 0.323 e. The Kier molecular flexibility index (Phi) is 5.20. The molecule has 1 aromatic rings. The van der Waals surface area contributed by atoms with Gasteiger partial charge in [-0.15, -0.1) is 0 Å². The Morgan fingerprint density at radius 1 is 1.29 bits per heavy atom. The summed E-state index contributed by atoms with van der Waals surface area (Å²) in [5.74, 6) is -1.02. The largest absolute Gasteiger partial charge is 0.480 e. The highest BCUT2D eigenvalue weighted by Gasteiger charge is 2.27. The van der Waals surface area contributed by atoms with Crippen LogP contribution in [0.15, 0.2) is 24.3 Å². The Balaban J connectivity index is 1.95. The predicted octanol–water partition coefficient (Wildman–Crippen LogP) is 2.06. The summed E-state index contributed by atoms with van der Waals surface area (Å²) >= 11 is 0. The SMILES string of the molecule is Nc1cccc(CCC(=O)N(CC(=O)O)C2CCCC2)c1. The summed E-state index contributed by atoms with van der Waals surface area (Å²) in [5.41, 5.74) is 7.40. The number of rotatable bonds is 6. The standard InChI is InChI=1S/C16H22N2O3/c17-13-5-3-4-12(10-13)8-9-15(19)18(11-16(20)21)14-6-1-2-7-14/h3-5,10,14H,1-2,6-9,11,17H2,(H,20,21). The van der Waals surface area contributed by atoms with Crippen LogP contribution in [0.3, 0.4) is 0 Å². The molecule has 1 aliphatic rings. The second-order valence-electron chi connectivity index (χ2n) is 5.60. The van der Waals surface area contributed by atoms with E-state index in [0.717, 1.165) is 31.2 Å². The molecule has 1 amide bonds. The average Bonchev–Trinajstić information content (AvgIpc) is 2.96. The van der Waals surface area contributed by atoms with Gasteiger partial charge in [0.2, 0.25) is 5.91 Å². The fourth-order valence-electron chi connectivity index (χ4n) is 2.93. The maximum absolute atomic E-state index is 12.4. The Morgan fingerprint density at radius 2 is 2.00 bits per heavy atom. The summed E-state index contributed by atoms with van der Waals surface area (Å²) < 4.78 is 0. The molecule has 3 N–H and O–H groups in total. The van der Waals surface area contributed by atoms with Crippen molar-refractivity contribution >= 4 is 17.6 Å². The van der Waals surface area contributed by atoms with E-state index in [1.165, 1.54) is 0 Å². The highest BCUT2D eigenvalue weighted by Crippen LogP contribution is 2.24. The number of aliphatic carboxylic acids is 1. The third-order valence-corrected chi connectivity index (χ3v) is 3.97. The molecule has 5 nitrogen and oxygen atoms in total. The molecule has 114 valence electrons. The molecule has 0 unspecified atom stereocenters. The Labute approximate surface area is 124 Å². The highest BCUT2D eigenvalue weighted by molar-refractivity contribution is 5.81. The number of anilines is 1. The number of carbonyl (C=O) groups excluding carboxylic acids is 1. The van der Waals surface area contributed by atoms with E-state index in [4.69, 9.17) is 10.8 Å². The van der Waals surface area contributed by atoms with Crippen molar-refractivity contribution in [1.29, 1.82) is 0 Å². The summed E-state index contributed by atoms with van der Waals surface area (Å²) in [4.78, 5) is 24.9. The summed E-state index contributed by atoms with van der Waals surface area (Å²) in [7, 11) is 0. The van der Waals surface area contributed by atoms with Gasteiger partial charge in [-0.2, -0.15) is 0 Å². The maximum Gasteiger partial charge on any atom is 0.323 e. The van der Waals surface area contributed by atoms with Crippen LogP contribution >= 0.6 is 0 Å². The minimum Gasteiger partial charge on any atom is -0.480 e. The van der Waals surface area contributed by atoms with E-state index in [9.17, 15) is 9.59 Å². The van der Waals surface area contributed by atoms with E-state index in [1.54, 1.807) is 11.0 Å². The average molecular weight is 290 g/mol. The van der Waals surface area contributed by atoms with Gasteiger partial charge in [0.25, 0.3) is 0 Å². The van der Waals surface area contributed by atoms with Gasteiger partial charge < -0.3 is 15.7 Å². The lowest BCUT2D eigenvalue weighted by Crippen LogP contribution is -2.42. The molecule has 0 radical (unpaired) electrons. The monoisotopic (exact) mass is 290 g/mol. The number of nitrogens with zero attached hydrogens (tertiary/aromatic N) is 1. The topological polar surface area (TPSA) is 83.6 Å². The van der Waals surface area contributed by atoms with Crippen LogP contribution in [-0.2, 0) is 16.0 Å². The third kappa shape index (κ3) is 4.48. The third-order valence-electron chi connectivity index (χ3n) is 3.97. The van der Waals surface area contributed by atoms with E-state index in [-0.39, 0.29) is 18.5 Å². The van der Waals surface area contributed by atoms with Crippen LogP contribution in [0, 0.1) is 0 Å². The van der Waals surface area contributed by atoms with Crippen molar-refractivity contribution < 1.29 is 14.7 Å². The molecule has 1 saturated carbocycles. The van der Waals surface area contributed by atoms with Gasteiger partial charge in [0, 0.05) is 18.2 Å². The molecule has 0 heterocycles. The molecule has 1 aliphatic carbocycles. The van der Waals surface area contributed by atoms with Crippen LogP contribution in [0.1, 0.15) is 37.7 Å². The molecule has 1 fully saturated rings. The molecule has 0 saturated heterocycles. The van der Waals surface area contributed by atoms with E-state index in [1.807, 2.05) is 18.2 Å². The van der Waals surface area contributed by atoms with Crippen LogP contribution in [0.4, 0.5) is 5.69 Å². The molecule has 1 aromatic carbocycles. The first-order chi connectivity index (χ1) is 10.1. The summed E-state index contributed by atoms with van der Waals surface area (Å²) in [6, 6.07) is 7.54. The Hall–Kier alpha value is -2.04. The number of aryl methyl sites for hydroxylation is 1. The molecule has 0 aromatic heterocycles. The van der Waals surface area contributed by atoms with Crippen molar-refractivity contribution in [3.05, 3.63) is 29.8 Å². The first-order valence-electron chi connectivity index (χ1n) is 7.42. The lowest BCUT2D eigenvalue weighted by molar-refractivity contribution is -0.146. The fourth-order valence-corrected chi connectivity index (χ4v) is 2.93. The highest BCUT2D eigenvalue weighted by atomic mass is 16.4. The van der Waals surface area contributed by atoms with Gasteiger partial charge in [-0.25, -0.2) is 0 Å².